The molecule has 2 aromatic carbocycles. The third-order valence-corrected chi connectivity index (χ3v) is 6.87. The van der Waals surface area contributed by atoms with Gasteiger partial charge >= 0.3 is 0 Å². The maximum atomic E-state index is 14.0. The van der Waals surface area contributed by atoms with E-state index < -0.39 is 0 Å². The Labute approximate surface area is 199 Å². The molecule has 0 unspecified atom stereocenters. The van der Waals surface area contributed by atoms with Crippen LogP contribution < -0.4 is 10.2 Å². The van der Waals surface area contributed by atoms with Crippen molar-refractivity contribution in [1.29, 1.82) is 0 Å². The fraction of sp³-hybridized carbons (Fsp3) is 0.240. The number of hydrogen-bond donors (Lipinski definition) is 1. The minimum atomic E-state index is -0.286. The number of thiophene rings is 1. The van der Waals surface area contributed by atoms with Gasteiger partial charge in [-0.05, 0) is 29.8 Å². The van der Waals surface area contributed by atoms with Crippen LogP contribution >= 0.6 is 11.3 Å². The van der Waals surface area contributed by atoms with Gasteiger partial charge in [-0.3, -0.25) is 4.79 Å². The summed E-state index contributed by atoms with van der Waals surface area (Å²) in [6.45, 7) is 2.75. The average molecular weight is 480 g/mol. The number of aromatic nitrogens is 2. The fourth-order valence-corrected chi connectivity index (χ4v) is 5.12. The van der Waals surface area contributed by atoms with Crippen LogP contribution in [0, 0.1) is 11.6 Å². The molecule has 0 radical (unpaired) electrons. The van der Waals surface area contributed by atoms with Crippen LogP contribution in [0.3, 0.4) is 0 Å². The number of amides is 1. The van der Waals surface area contributed by atoms with Gasteiger partial charge in [0.15, 0.2) is 0 Å². The van der Waals surface area contributed by atoms with Gasteiger partial charge in [0.05, 0.1) is 11.1 Å². The number of benzene rings is 2. The van der Waals surface area contributed by atoms with Gasteiger partial charge in [0, 0.05) is 50.1 Å². The van der Waals surface area contributed by atoms with E-state index in [1.54, 1.807) is 24.3 Å². The Morgan fingerprint density at radius 2 is 1.76 bits per heavy atom. The molecular weight excluding hydrogens is 456 g/mol. The zero-order valence-electron chi connectivity index (χ0n) is 18.4. The molecule has 1 N–H and O–H groups in total. The number of hydrogen-bond acceptors (Lipinski definition) is 6. The monoisotopic (exact) mass is 479 g/mol. The Bertz CT molecular complexity index is 1300. The van der Waals surface area contributed by atoms with Crippen molar-refractivity contribution < 1.29 is 13.6 Å². The van der Waals surface area contributed by atoms with E-state index in [1.165, 1.54) is 35.9 Å². The predicted molar refractivity (Wildman–Crippen MR) is 131 cm³/mol. The first-order valence-corrected chi connectivity index (χ1v) is 12.0. The van der Waals surface area contributed by atoms with Crippen LogP contribution in [-0.2, 0) is 4.79 Å². The topological polar surface area (TPSA) is 61.4 Å². The van der Waals surface area contributed by atoms with Crippen molar-refractivity contribution in [2.45, 2.75) is 6.42 Å². The van der Waals surface area contributed by atoms with Crippen LogP contribution in [0.4, 0.5) is 20.3 Å². The summed E-state index contributed by atoms with van der Waals surface area (Å²) in [6.07, 6.45) is 1.82. The lowest BCUT2D eigenvalue weighted by Gasteiger charge is -2.36. The van der Waals surface area contributed by atoms with Gasteiger partial charge in [0.25, 0.3) is 0 Å². The molecule has 174 valence electrons. The maximum absolute atomic E-state index is 14.0. The third-order valence-electron chi connectivity index (χ3n) is 5.98. The molecule has 6 nitrogen and oxygen atoms in total. The van der Waals surface area contributed by atoms with E-state index in [1.807, 2.05) is 21.2 Å². The Morgan fingerprint density at radius 1 is 1.00 bits per heavy atom. The summed E-state index contributed by atoms with van der Waals surface area (Å²) in [5.74, 6) is 0.181. The van der Waals surface area contributed by atoms with Crippen LogP contribution in [-0.4, -0.2) is 53.5 Å². The quantitative estimate of drug-likeness (QED) is 0.431. The molecule has 0 aliphatic carbocycles. The molecule has 9 heteroatoms. The van der Waals surface area contributed by atoms with E-state index in [4.69, 9.17) is 0 Å². The molecule has 0 spiro atoms. The highest BCUT2D eigenvalue weighted by molar-refractivity contribution is 7.17. The number of nitrogens with zero attached hydrogens (tertiary/aromatic N) is 4. The molecular formula is C25H23F2N5OS. The van der Waals surface area contributed by atoms with Gasteiger partial charge in [-0.25, -0.2) is 18.7 Å². The fourth-order valence-electron chi connectivity index (χ4n) is 4.20. The largest absolute Gasteiger partial charge is 0.369 e. The standard InChI is InChI=1S/C25H23F2N5OS/c26-18-7-5-17(6-8-18)19-15-34-25-23(19)24(29-16-30-25)28-10-9-22(33)32-13-11-31(12-14-32)21-4-2-1-3-20(21)27/h1-8,15-16H,9-14H2,(H,28,29,30). The van der Waals surface area contributed by atoms with Crippen molar-refractivity contribution in [2.75, 3.05) is 42.9 Å². The van der Waals surface area contributed by atoms with Gasteiger partial charge in [0.2, 0.25) is 5.91 Å². The van der Waals surface area contributed by atoms with Crippen LogP contribution in [0.1, 0.15) is 6.42 Å². The number of halogens is 2. The smallest absolute Gasteiger partial charge is 0.224 e. The van der Waals surface area contributed by atoms with Crippen molar-refractivity contribution >= 4 is 39.0 Å². The molecule has 1 saturated heterocycles. The summed E-state index contributed by atoms with van der Waals surface area (Å²) in [5.41, 5.74) is 2.39. The van der Waals surface area contributed by atoms with E-state index in [-0.39, 0.29) is 17.5 Å². The number of anilines is 2. The molecule has 2 aromatic heterocycles. The molecule has 5 rings (SSSR count). The molecule has 0 atom stereocenters. The van der Waals surface area contributed by atoms with Crippen molar-refractivity contribution in [3.63, 3.8) is 0 Å². The summed E-state index contributed by atoms with van der Waals surface area (Å²) >= 11 is 1.50. The lowest BCUT2D eigenvalue weighted by Crippen LogP contribution is -2.49. The maximum Gasteiger partial charge on any atom is 0.224 e. The van der Waals surface area contributed by atoms with E-state index >= 15 is 0 Å². The summed E-state index contributed by atoms with van der Waals surface area (Å²) in [4.78, 5) is 26.1. The normalized spacial score (nSPS) is 13.9. The Hall–Kier alpha value is -3.59. The lowest BCUT2D eigenvalue weighted by atomic mass is 10.1. The summed E-state index contributed by atoms with van der Waals surface area (Å²) in [7, 11) is 0. The first-order chi connectivity index (χ1) is 16.6. The van der Waals surface area contributed by atoms with Gasteiger partial charge in [-0.2, -0.15) is 0 Å². The van der Waals surface area contributed by atoms with Crippen molar-refractivity contribution in [3.8, 4) is 11.1 Å². The third kappa shape index (κ3) is 4.56. The number of para-hydroxylation sites is 1. The van der Waals surface area contributed by atoms with E-state index in [2.05, 4.69) is 15.3 Å². The molecule has 1 aliphatic rings. The molecule has 1 fully saturated rings. The van der Waals surface area contributed by atoms with Gasteiger partial charge in [-0.15, -0.1) is 11.3 Å². The molecule has 0 saturated carbocycles. The SMILES string of the molecule is O=C(CCNc1ncnc2scc(-c3ccc(F)cc3)c12)N1CCN(c2ccccc2F)CC1. The number of carbonyl (C=O) groups is 1. The van der Waals surface area contributed by atoms with Crippen molar-refractivity contribution in [2.24, 2.45) is 0 Å². The van der Waals surface area contributed by atoms with Crippen molar-refractivity contribution in [1.82, 2.24) is 14.9 Å². The van der Waals surface area contributed by atoms with Crippen LogP contribution in [0.5, 0.6) is 0 Å². The number of nitrogens with one attached hydrogen (secondary N) is 1. The highest BCUT2D eigenvalue weighted by Crippen LogP contribution is 2.36. The lowest BCUT2D eigenvalue weighted by molar-refractivity contribution is -0.131. The van der Waals surface area contributed by atoms with E-state index in [0.717, 1.165) is 21.3 Å². The molecule has 3 heterocycles. The average Bonchev–Trinajstić information content (AvgIpc) is 3.30. The van der Waals surface area contributed by atoms with Crippen LogP contribution in [0.2, 0.25) is 0 Å². The molecule has 0 bridgehead atoms. The van der Waals surface area contributed by atoms with Crippen molar-refractivity contribution in [3.05, 3.63) is 71.9 Å². The Kier molecular flexibility index (Phi) is 6.35. The first kappa shape index (κ1) is 22.2. The van der Waals surface area contributed by atoms with E-state index in [0.29, 0.717) is 50.6 Å². The summed E-state index contributed by atoms with van der Waals surface area (Å²) < 4.78 is 27.4. The Balaban J connectivity index is 1.20. The minimum Gasteiger partial charge on any atom is -0.369 e. The Morgan fingerprint density at radius 3 is 2.53 bits per heavy atom. The second-order valence-corrected chi connectivity index (χ2v) is 8.91. The molecule has 34 heavy (non-hydrogen) atoms. The summed E-state index contributed by atoms with van der Waals surface area (Å²) in [6, 6.07) is 13.1. The molecule has 1 amide bonds. The second kappa shape index (κ2) is 9.72. The van der Waals surface area contributed by atoms with Gasteiger partial charge < -0.3 is 15.1 Å². The van der Waals surface area contributed by atoms with Gasteiger partial charge in [0.1, 0.15) is 28.6 Å². The highest BCUT2D eigenvalue weighted by Gasteiger charge is 2.22. The number of carbonyl (C=O) groups excluding carboxylic acids is 1. The summed E-state index contributed by atoms with van der Waals surface area (Å²) in [5, 5.41) is 6.13. The predicted octanol–water partition coefficient (Wildman–Crippen LogP) is 4.79. The number of rotatable bonds is 6. The molecule has 4 aromatic rings. The van der Waals surface area contributed by atoms with Crippen LogP contribution in [0.15, 0.2) is 60.2 Å². The zero-order valence-corrected chi connectivity index (χ0v) is 19.2. The first-order valence-electron chi connectivity index (χ1n) is 11.1. The van der Waals surface area contributed by atoms with E-state index in [9.17, 15) is 13.6 Å². The second-order valence-electron chi connectivity index (χ2n) is 8.05. The number of piperazine rings is 1. The number of fused-ring (bicyclic) bond motifs is 1. The molecule has 1 aliphatic heterocycles. The van der Waals surface area contributed by atoms with Gasteiger partial charge in [-0.1, -0.05) is 24.3 Å². The minimum absolute atomic E-state index is 0.0510. The van der Waals surface area contributed by atoms with Crippen LogP contribution in [0.25, 0.3) is 21.3 Å². The zero-order chi connectivity index (χ0) is 23.5. The highest BCUT2D eigenvalue weighted by atomic mass is 32.1.